The number of pyridine rings is 1. The molecule has 18 heavy (non-hydrogen) atoms. The fraction of sp³-hybridized carbons (Fsp3) is 0.182. The molecule has 0 saturated heterocycles. The van der Waals surface area contributed by atoms with Crippen molar-refractivity contribution < 1.29 is 14.7 Å². The summed E-state index contributed by atoms with van der Waals surface area (Å²) < 4.78 is 0. The summed E-state index contributed by atoms with van der Waals surface area (Å²) in [4.78, 5) is 26.3. The molecule has 1 amide bonds. The molecule has 1 unspecified atom stereocenters. The van der Waals surface area contributed by atoms with Gasteiger partial charge >= 0.3 is 5.97 Å². The lowest BCUT2D eigenvalue weighted by molar-refractivity contribution is -0.139. The minimum absolute atomic E-state index is 0.0779. The van der Waals surface area contributed by atoms with Crippen LogP contribution >= 0.6 is 23.2 Å². The van der Waals surface area contributed by atoms with E-state index in [1.807, 2.05) is 0 Å². The first-order valence-electron chi connectivity index (χ1n) is 4.91. The number of amides is 1. The van der Waals surface area contributed by atoms with E-state index in [1.54, 1.807) is 0 Å². The predicted octanol–water partition coefficient (Wildman–Crippen LogP) is 2.15. The monoisotopic (exact) mass is 288 g/mol. The summed E-state index contributed by atoms with van der Waals surface area (Å²) in [5.74, 6) is -1.73. The number of aromatic nitrogens is 1. The normalized spacial score (nSPS) is 11.7. The van der Waals surface area contributed by atoms with Crippen molar-refractivity contribution in [3.8, 4) is 0 Å². The Bertz CT molecular complexity index is 491. The lowest BCUT2D eigenvalue weighted by Crippen LogP contribution is -2.40. The molecule has 1 aromatic rings. The molecule has 0 spiro atoms. The van der Waals surface area contributed by atoms with Crippen LogP contribution in [-0.2, 0) is 4.79 Å². The number of rotatable bonds is 5. The molecule has 1 rings (SSSR count). The fourth-order valence-corrected chi connectivity index (χ4v) is 1.44. The van der Waals surface area contributed by atoms with Crippen molar-refractivity contribution in [2.24, 2.45) is 0 Å². The van der Waals surface area contributed by atoms with Crippen molar-refractivity contribution >= 4 is 35.1 Å². The standard InChI is InChI=1S/C11H10Cl2N2O3/c1-2-3-8(11(17)18)15-10(16)6-4-7(12)9(13)14-5-6/h2,4-5,8H,1,3H2,(H,15,16)(H,17,18). The van der Waals surface area contributed by atoms with Gasteiger partial charge in [0.1, 0.15) is 11.2 Å². The highest BCUT2D eigenvalue weighted by atomic mass is 35.5. The maximum absolute atomic E-state index is 11.7. The van der Waals surface area contributed by atoms with Gasteiger partial charge in [-0.2, -0.15) is 0 Å². The van der Waals surface area contributed by atoms with E-state index >= 15 is 0 Å². The van der Waals surface area contributed by atoms with Gasteiger partial charge in [-0.25, -0.2) is 9.78 Å². The molecule has 0 radical (unpaired) electrons. The molecule has 1 heterocycles. The molecule has 5 nitrogen and oxygen atoms in total. The van der Waals surface area contributed by atoms with E-state index in [0.29, 0.717) is 0 Å². The summed E-state index contributed by atoms with van der Waals surface area (Å²) in [7, 11) is 0. The van der Waals surface area contributed by atoms with Crippen LogP contribution in [0.25, 0.3) is 0 Å². The summed E-state index contributed by atoms with van der Waals surface area (Å²) in [6.45, 7) is 3.42. The molecule has 0 aliphatic heterocycles. The minimum atomic E-state index is -1.14. The first-order valence-corrected chi connectivity index (χ1v) is 5.67. The average Bonchev–Trinajstić information content (AvgIpc) is 2.31. The van der Waals surface area contributed by atoms with Crippen LogP contribution in [0.5, 0.6) is 0 Å². The van der Waals surface area contributed by atoms with Gasteiger partial charge in [0.05, 0.1) is 10.6 Å². The zero-order valence-electron chi connectivity index (χ0n) is 9.19. The summed E-state index contributed by atoms with van der Waals surface area (Å²) in [6.07, 6.45) is 2.75. The number of nitrogens with one attached hydrogen (secondary N) is 1. The van der Waals surface area contributed by atoms with Crippen molar-refractivity contribution in [2.45, 2.75) is 12.5 Å². The number of carboxylic acid groups (broad SMARTS) is 1. The van der Waals surface area contributed by atoms with Crippen molar-refractivity contribution in [1.29, 1.82) is 0 Å². The minimum Gasteiger partial charge on any atom is -0.480 e. The van der Waals surface area contributed by atoms with Gasteiger partial charge in [-0.05, 0) is 12.5 Å². The molecule has 0 bridgehead atoms. The Hall–Kier alpha value is -1.59. The van der Waals surface area contributed by atoms with Crippen LogP contribution in [0.1, 0.15) is 16.8 Å². The predicted molar refractivity (Wildman–Crippen MR) is 68.0 cm³/mol. The first-order chi connectivity index (χ1) is 8.45. The third kappa shape index (κ3) is 3.72. The number of hydrogen-bond acceptors (Lipinski definition) is 3. The Labute approximate surface area is 113 Å². The Morgan fingerprint density at radius 1 is 1.56 bits per heavy atom. The fourth-order valence-electron chi connectivity index (χ4n) is 1.18. The molecule has 7 heteroatoms. The second-order valence-electron chi connectivity index (χ2n) is 3.39. The Balaban J connectivity index is 2.83. The number of carbonyl (C=O) groups is 2. The quantitative estimate of drug-likeness (QED) is 0.643. The van der Waals surface area contributed by atoms with Gasteiger partial charge in [0.15, 0.2) is 0 Å². The maximum atomic E-state index is 11.7. The third-order valence-corrected chi connectivity index (χ3v) is 2.75. The maximum Gasteiger partial charge on any atom is 0.326 e. The Morgan fingerprint density at radius 2 is 2.22 bits per heavy atom. The van der Waals surface area contributed by atoms with Gasteiger partial charge in [-0.15, -0.1) is 6.58 Å². The van der Waals surface area contributed by atoms with Gasteiger partial charge in [-0.3, -0.25) is 4.79 Å². The number of hydrogen-bond donors (Lipinski definition) is 2. The molecule has 0 saturated carbocycles. The van der Waals surface area contributed by atoms with Crippen LogP contribution in [0.2, 0.25) is 10.2 Å². The van der Waals surface area contributed by atoms with E-state index in [2.05, 4.69) is 16.9 Å². The summed E-state index contributed by atoms with van der Waals surface area (Å²) in [6, 6.07) is 0.281. The summed E-state index contributed by atoms with van der Waals surface area (Å²) >= 11 is 11.3. The molecule has 0 aromatic carbocycles. The third-order valence-electron chi connectivity index (χ3n) is 2.06. The Kier molecular flexibility index (Phi) is 5.12. The smallest absolute Gasteiger partial charge is 0.326 e. The summed E-state index contributed by atoms with van der Waals surface area (Å²) in [5, 5.41) is 11.4. The second-order valence-corrected chi connectivity index (χ2v) is 4.15. The SMILES string of the molecule is C=CCC(NC(=O)c1cnc(Cl)c(Cl)c1)C(=O)O. The van der Waals surface area contributed by atoms with Crippen LogP contribution < -0.4 is 5.32 Å². The lowest BCUT2D eigenvalue weighted by Gasteiger charge is -2.12. The zero-order valence-corrected chi connectivity index (χ0v) is 10.7. The number of aliphatic carboxylic acids is 1. The van der Waals surface area contributed by atoms with Crippen molar-refractivity contribution in [3.63, 3.8) is 0 Å². The zero-order chi connectivity index (χ0) is 13.7. The topological polar surface area (TPSA) is 79.3 Å². The molecule has 2 N–H and O–H groups in total. The largest absolute Gasteiger partial charge is 0.480 e. The molecular formula is C11H10Cl2N2O3. The molecule has 0 aliphatic carbocycles. The second kappa shape index (κ2) is 6.37. The highest BCUT2D eigenvalue weighted by Crippen LogP contribution is 2.19. The molecule has 1 aromatic heterocycles. The van der Waals surface area contributed by atoms with Crippen LogP contribution in [0.4, 0.5) is 0 Å². The highest BCUT2D eigenvalue weighted by molar-refractivity contribution is 6.41. The van der Waals surface area contributed by atoms with Gasteiger partial charge in [0, 0.05) is 6.20 Å². The Morgan fingerprint density at radius 3 is 2.72 bits per heavy atom. The molecule has 1 atom stereocenters. The molecule has 0 fully saturated rings. The van der Waals surface area contributed by atoms with Crippen LogP contribution in [0, 0.1) is 0 Å². The molecule has 0 aliphatic rings. The van der Waals surface area contributed by atoms with Crippen molar-refractivity contribution in [1.82, 2.24) is 10.3 Å². The van der Waals surface area contributed by atoms with Gasteiger partial charge in [0.2, 0.25) is 0 Å². The number of carbonyl (C=O) groups excluding carboxylic acids is 1. The number of carboxylic acids is 1. The molecule has 96 valence electrons. The van der Waals surface area contributed by atoms with E-state index < -0.39 is 17.9 Å². The number of nitrogens with zero attached hydrogens (tertiary/aromatic N) is 1. The lowest BCUT2D eigenvalue weighted by atomic mass is 10.2. The van der Waals surface area contributed by atoms with E-state index in [9.17, 15) is 9.59 Å². The average molecular weight is 289 g/mol. The van der Waals surface area contributed by atoms with E-state index in [-0.39, 0.29) is 22.2 Å². The molecular weight excluding hydrogens is 279 g/mol. The van der Waals surface area contributed by atoms with Crippen LogP contribution in [0.3, 0.4) is 0 Å². The van der Waals surface area contributed by atoms with Gasteiger partial charge < -0.3 is 10.4 Å². The van der Waals surface area contributed by atoms with Gasteiger partial charge in [-0.1, -0.05) is 29.3 Å². The van der Waals surface area contributed by atoms with E-state index in [1.165, 1.54) is 18.3 Å². The number of halogens is 2. The highest BCUT2D eigenvalue weighted by Gasteiger charge is 2.19. The van der Waals surface area contributed by atoms with Crippen LogP contribution in [0.15, 0.2) is 24.9 Å². The van der Waals surface area contributed by atoms with Crippen molar-refractivity contribution in [2.75, 3.05) is 0 Å². The van der Waals surface area contributed by atoms with Crippen LogP contribution in [-0.4, -0.2) is 28.0 Å². The summed E-state index contributed by atoms with van der Waals surface area (Å²) in [5.41, 5.74) is 0.139. The van der Waals surface area contributed by atoms with Crippen molar-refractivity contribution in [3.05, 3.63) is 40.7 Å². The van der Waals surface area contributed by atoms with E-state index in [4.69, 9.17) is 28.3 Å². The van der Waals surface area contributed by atoms with Gasteiger partial charge in [0.25, 0.3) is 5.91 Å². The first kappa shape index (κ1) is 14.5. The van der Waals surface area contributed by atoms with E-state index in [0.717, 1.165) is 0 Å².